The third kappa shape index (κ3) is 3.67. The van der Waals surface area contributed by atoms with Gasteiger partial charge in [0.2, 0.25) is 0 Å². The van der Waals surface area contributed by atoms with E-state index in [4.69, 9.17) is 12.2 Å². The minimum atomic E-state index is -0.251. The molecule has 1 unspecified atom stereocenters. The summed E-state index contributed by atoms with van der Waals surface area (Å²) in [5.74, 6) is -0.205. The van der Waals surface area contributed by atoms with E-state index in [9.17, 15) is 4.39 Å². The molecule has 1 N–H and O–H groups in total. The molecule has 0 saturated carbocycles. The van der Waals surface area contributed by atoms with Gasteiger partial charge in [-0.2, -0.15) is 0 Å². The van der Waals surface area contributed by atoms with Crippen molar-refractivity contribution in [2.24, 2.45) is 0 Å². The third-order valence-corrected chi connectivity index (χ3v) is 6.07. The molecule has 4 rings (SSSR count). The molecule has 0 fully saturated rings. The van der Waals surface area contributed by atoms with Gasteiger partial charge in [-0.3, -0.25) is 0 Å². The number of aryl methyl sites for hydroxylation is 2. The molecule has 2 aromatic carbocycles. The molecule has 0 radical (unpaired) electrons. The van der Waals surface area contributed by atoms with Crippen LogP contribution in [0.25, 0.3) is 0 Å². The van der Waals surface area contributed by atoms with E-state index in [1.54, 1.807) is 6.07 Å². The molecule has 1 aliphatic heterocycles. The molecule has 1 aromatic heterocycles. The number of nitrogens with zero attached hydrogens (tertiary/aromatic N) is 2. The summed E-state index contributed by atoms with van der Waals surface area (Å²) < 4.78 is 17.0. The molecular weight excluding hydrogens is 381 g/mol. The molecule has 0 saturated heterocycles. The Balaban J connectivity index is 1.72. The van der Waals surface area contributed by atoms with Gasteiger partial charge in [-0.1, -0.05) is 50.2 Å². The van der Waals surface area contributed by atoms with E-state index >= 15 is 0 Å². The molecular formula is C24H26FN3S. The number of aromatic nitrogens is 1. The van der Waals surface area contributed by atoms with Crippen LogP contribution in [-0.2, 0) is 19.4 Å². The Kier molecular flexibility index (Phi) is 5.67. The predicted molar refractivity (Wildman–Crippen MR) is 121 cm³/mol. The zero-order valence-corrected chi connectivity index (χ0v) is 17.7. The van der Waals surface area contributed by atoms with Crippen molar-refractivity contribution in [1.82, 2.24) is 9.47 Å². The third-order valence-electron chi connectivity index (χ3n) is 5.73. The number of hydrogen-bond acceptors (Lipinski definition) is 1. The van der Waals surface area contributed by atoms with E-state index in [0.717, 1.165) is 37.3 Å². The van der Waals surface area contributed by atoms with Crippen LogP contribution >= 0.6 is 12.2 Å². The Morgan fingerprint density at radius 3 is 2.41 bits per heavy atom. The molecule has 0 amide bonds. The largest absolute Gasteiger partial charge is 0.348 e. The fourth-order valence-electron chi connectivity index (χ4n) is 4.21. The van der Waals surface area contributed by atoms with E-state index in [1.165, 1.54) is 17.2 Å². The maximum absolute atomic E-state index is 14.8. The zero-order valence-electron chi connectivity index (χ0n) is 16.9. The Bertz CT molecular complexity index is 1000. The van der Waals surface area contributed by atoms with E-state index < -0.39 is 0 Å². The van der Waals surface area contributed by atoms with Gasteiger partial charge in [0, 0.05) is 36.2 Å². The van der Waals surface area contributed by atoms with Crippen molar-refractivity contribution in [2.45, 2.75) is 39.3 Å². The fourth-order valence-corrected chi connectivity index (χ4v) is 4.51. The monoisotopic (exact) mass is 407 g/mol. The van der Waals surface area contributed by atoms with Gasteiger partial charge in [0.1, 0.15) is 5.82 Å². The molecule has 3 aromatic rings. The molecule has 3 nitrogen and oxygen atoms in total. The lowest BCUT2D eigenvalue weighted by Gasteiger charge is -2.39. The van der Waals surface area contributed by atoms with Crippen LogP contribution in [0.1, 0.15) is 42.3 Å². The van der Waals surface area contributed by atoms with Gasteiger partial charge in [-0.05, 0) is 54.4 Å². The second-order valence-corrected chi connectivity index (χ2v) is 7.72. The number of thiocarbonyl (C=S) groups is 1. The molecule has 150 valence electrons. The van der Waals surface area contributed by atoms with Crippen molar-refractivity contribution in [3.63, 3.8) is 0 Å². The van der Waals surface area contributed by atoms with Crippen LogP contribution < -0.4 is 5.32 Å². The Morgan fingerprint density at radius 1 is 1.00 bits per heavy atom. The number of nitrogens with one attached hydrogen (secondary N) is 1. The number of rotatable bonds is 4. The smallest absolute Gasteiger partial charge is 0.174 e. The maximum atomic E-state index is 14.8. The highest BCUT2D eigenvalue weighted by molar-refractivity contribution is 7.80. The summed E-state index contributed by atoms with van der Waals surface area (Å²) in [6.07, 6.45) is 3.91. The van der Waals surface area contributed by atoms with Gasteiger partial charge in [0.15, 0.2) is 5.11 Å². The molecule has 29 heavy (non-hydrogen) atoms. The van der Waals surface area contributed by atoms with Crippen molar-refractivity contribution in [3.05, 3.63) is 89.0 Å². The molecule has 0 spiro atoms. The minimum Gasteiger partial charge on any atom is -0.348 e. The maximum Gasteiger partial charge on any atom is 0.174 e. The Morgan fingerprint density at radius 2 is 1.72 bits per heavy atom. The number of para-hydroxylation sites is 1. The second kappa shape index (κ2) is 8.37. The van der Waals surface area contributed by atoms with Crippen molar-refractivity contribution < 1.29 is 4.39 Å². The quantitative estimate of drug-likeness (QED) is 0.572. The minimum absolute atomic E-state index is 0.205. The highest BCUT2D eigenvalue weighted by Gasteiger charge is 2.32. The average Bonchev–Trinajstić information content (AvgIpc) is 3.22. The summed E-state index contributed by atoms with van der Waals surface area (Å²) >= 11 is 5.88. The van der Waals surface area contributed by atoms with E-state index in [0.29, 0.717) is 10.7 Å². The summed E-state index contributed by atoms with van der Waals surface area (Å²) in [6.45, 7) is 5.85. The predicted octanol–water partition coefficient (Wildman–Crippen LogP) is 5.55. The lowest BCUT2D eigenvalue weighted by atomic mass is 9.99. The molecule has 2 heterocycles. The fraction of sp³-hybridized carbons (Fsp3) is 0.292. The molecule has 0 aliphatic carbocycles. The van der Waals surface area contributed by atoms with Gasteiger partial charge in [-0.15, -0.1) is 0 Å². The highest BCUT2D eigenvalue weighted by Crippen LogP contribution is 2.35. The van der Waals surface area contributed by atoms with Crippen molar-refractivity contribution in [3.8, 4) is 0 Å². The standard InChI is InChI=1S/C24H26FN3S/c1-3-17-9-7-10-18(4-2)22(17)26-24(29)28-16-15-27-14-8-13-21(27)23(28)19-11-5-6-12-20(19)25/h5-14,23H,3-4,15-16H2,1-2H3,(H,26,29). The normalized spacial score (nSPS) is 15.8. The van der Waals surface area contributed by atoms with Crippen LogP contribution in [0, 0.1) is 5.82 Å². The molecule has 1 atom stereocenters. The van der Waals surface area contributed by atoms with Crippen LogP contribution in [0.5, 0.6) is 0 Å². The van der Waals surface area contributed by atoms with E-state index in [1.807, 2.05) is 18.2 Å². The first-order valence-corrected chi connectivity index (χ1v) is 10.6. The number of hydrogen-bond donors (Lipinski definition) is 1. The van der Waals surface area contributed by atoms with Crippen molar-refractivity contribution in [1.29, 1.82) is 0 Å². The number of benzene rings is 2. The zero-order chi connectivity index (χ0) is 20.4. The lowest BCUT2D eigenvalue weighted by molar-refractivity contribution is 0.288. The molecule has 1 aliphatic rings. The van der Waals surface area contributed by atoms with Crippen LogP contribution in [0.2, 0.25) is 0 Å². The summed E-state index contributed by atoms with van der Waals surface area (Å²) in [7, 11) is 0. The SMILES string of the molecule is CCc1cccc(CC)c1NC(=S)N1CCn2cccc2C1c1ccccc1F. The van der Waals surface area contributed by atoms with Crippen LogP contribution in [0.4, 0.5) is 10.1 Å². The summed E-state index contributed by atoms with van der Waals surface area (Å²) in [5.41, 5.74) is 5.29. The first-order chi connectivity index (χ1) is 14.1. The average molecular weight is 408 g/mol. The van der Waals surface area contributed by atoms with Gasteiger partial charge >= 0.3 is 0 Å². The van der Waals surface area contributed by atoms with Crippen molar-refractivity contribution >= 4 is 23.0 Å². The van der Waals surface area contributed by atoms with Gasteiger partial charge in [-0.25, -0.2) is 4.39 Å². The number of fused-ring (bicyclic) bond motifs is 1. The Hall–Kier alpha value is -2.66. The molecule has 0 bridgehead atoms. The summed E-state index contributed by atoms with van der Waals surface area (Å²) in [5, 5.41) is 4.16. The first kappa shape index (κ1) is 19.6. The summed E-state index contributed by atoms with van der Waals surface area (Å²) in [6, 6.07) is 17.2. The van der Waals surface area contributed by atoms with Crippen LogP contribution in [0.3, 0.4) is 0 Å². The van der Waals surface area contributed by atoms with Gasteiger partial charge < -0.3 is 14.8 Å². The number of halogens is 1. The van der Waals surface area contributed by atoms with E-state index in [2.05, 4.69) is 59.1 Å². The Labute approximate surface area is 177 Å². The van der Waals surface area contributed by atoms with Crippen LogP contribution in [-0.4, -0.2) is 21.1 Å². The van der Waals surface area contributed by atoms with Crippen molar-refractivity contribution in [2.75, 3.05) is 11.9 Å². The topological polar surface area (TPSA) is 20.2 Å². The van der Waals surface area contributed by atoms with Crippen LogP contribution in [0.15, 0.2) is 60.8 Å². The van der Waals surface area contributed by atoms with Gasteiger partial charge in [0.05, 0.1) is 6.04 Å². The van der Waals surface area contributed by atoms with E-state index in [-0.39, 0.29) is 11.9 Å². The molecule has 5 heteroatoms. The lowest BCUT2D eigenvalue weighted by Crippen LogP contribution is -2.44. The first-order valence-electron chi connectivity index (χ1n) is 10.2. The summed E-state index contributed by atoms with van der Waals surface area (Å²) in [4.78, 5) is 2.12. The number of anilines is 1. The van der Waals surface area contributed by atoms with Gasteiger partial charge in [0.25, 0.3) is 0 Å². The second-order valence-electron chi connectivity index (χ2n) is 7.33. The highest BCUT2D eigenvalue weighted by atomic mass is 32.1.